The van der Waals surface area contributed by atoms with Crippen LogP contribution in [0.25, 0.3) is 0 Å². The molecule has 0 heterocycles. The highest BCUT2D eigenvalue weighted by Gasteiger charge is 2.47. The van der Waals surface area contributed by atoms with Crippen LogP contribution in [-0.4, -0.2) is 18.4 Å². The first-order valence-corrected chi connectivity index (χ1v) is 7.16. The van der Waals surface area contributed by atoms with Crippen molar-refractivity contribution in [1.82, 2.24) is 5.32 Å². The summed E-state index contributed by atoms with van der Waals surface area (Å²) in [6, 6.07) is 0. The fraction of sp³-hybridized carbons (Fsp3) is 0.733. The van der Waals surface area contributed by atoms with Gasteiger partial charge in [-0.25, -0.2) is 0 Å². The van der Waals surface area contributed by atoms with Gasteiger partial charge in [0.2, 0.25) is 11.8 Å². The van der Waals surface area contributed by atoms with E-state index in [-0.39, 0.29) is 17.7 Å². The van der Waals surface area contributed by atoms with Gasteiger partial charge in [-0.15, -0.1) is 6.58 Å². The second-order valence-electron chi connectivity index (χ2n) is 5.69. The van der Waals surface area contributed by atoms with Crippen molar-refractivity contribution < 1.29 is 9.59 Å². The molecule has 1 saturated carbocycles. The molecule has 2 amide bonds. The lowest BCUT2D eigenvalue weighted by atomic mass is 9.63. The van der Waals surface area contributed by atoms with E-state index in [9.17, 15) is 9.59 Å². The summed E-state index contributed by atoms with van der Waals surface area (Å²) in [4.78, 5) is 24.3. The molecule has 1 aliphatic carbocycles. The normalized spacial score (nSPS) is 19.5. The van der Waals surface area contributed by atoms with Crippen LogP contribution in [-0.2, 0) is 9.59 Å². The Morgan fingerprint density at radius 2 is 1.89 bits per heavy atom. The van der Waals surface area contributed by atoms with Gasteiger partial charge in [-0.3, -0.25) is 9.59 Å². The van der Waals surface area contributed by atoms with Crippen molar-refractivity contribution in [3.8, 4) is 0 Å². The largest absolute Gasteiger partial charge is 0.369 e. The SMILES string of the molecule is C=C(C)CC(C(=O)NCC)C1(C(N)=O)CCCCC1. The Balaban J connectivity index is 3.05. The summed E-state index contributed by atoms with van der Waals surface area (Å²) in [5.41, 5.74) is 5.90. The molecule has 4 heteroatoms. The average molecular weight is 266 g/mol. The maximum absolute atomic E-state index is 12.3. The van der Waals surface area contributed by atoms with Crippen molar-refractivity contribution in [3.05, 3.63) is 12.2 Å². The van der Waals surface area contributed by atoms with E-state index >= 15 is 0 Å². The zero-order valence-electron chi connectivity index (χ0n) is 12.1. The van der Waals surface area contributed by atoms with E-state index in [0.717, 1.165) is 37.7 Å². The van der Waals surface area contributed by atoms with Crippen molar-refractivity contribution in [3.63, 3.8) is 0 Å². The monoisotopic (exact) mass is 266 g/mol. The fourth-order valence-electron chi connectivity index (χ4n) is 3.13. The van der Waals surface area contributed by atoms with Gasteiger partial charge in [0.05, 0.1) is 11.3 Å². The first kappa shape index (κ1) is 15.7. The van der Waals surface area contributed by atoms with E-state index in [0.29, 0.717) is 13.0 Å². The molecule has 0 bridgehead atoms. The quantitative estimate of drug-likeness (QED) is 0.723. The molecule has 4 nitrogen and oxygen atoms in total. The van der Waals surface area contributed by atoms with Crippen LogP contribution in [0.1, 0.15) is 52.4 Å². The van der Waals surface area contributed by atoms with Crippen LogP contribution >= 0.6 is 0 Å². The Kier molecular flexibility index (Phi) is 5.58. The van der Waals surface area contributed by atoms with Crippen LogP contribution in [0, 0.1) is 11.3 Å². The van der Waals surface area contributed by atoms with Crippen LogP contribution < -0.4 is 11.1 Å². The molecular weight excluding hydrogens is 240 g/mol. The Hall–Kier alpha value is -1.32. The molecular formula is C15H26N2O2. The van der Waals surface area contributed by atoms with Crippen LogP contribution in [0.15, 0.2) is 12.2 Å². The van der Waals surface area contributed by atoms with Crippen molar-refractivity contribution in [1.29, 1.82) is 0 Å². The number of amides is 2. The summed E-state index contributed by atoms with van der Waals surface area (Å²) in [6.07, 6.45) is 5.03. The molecule has 0 spiro atoms. The van der Waals surface area contributed by atoms with Crippen LogP contribution in [0.3, 0.4) is 0 Å². The molecule has 0 aromatic carbocycles. The lowest BCUT2D eigenvalue weighted by Gasteiger charge is -2.40. The number of hydrogen-bond donors (Lipinski definition) is 2. The maximum atomic E-state index is 12.3. The molecule has 0 aromatic rings. The molecule has 1 aliphatic rings. The molecule has 19 heavy (non-hydrogen) atoms. The Bertz CT molecular complexity index is 357. The van der Waals surface area contributed by atoms with Crippen molar-refractivity contribution in [2.24, 2.45) is 17.1 Å². The number of rotatable bonds is 6. The number of hydrogen-bond acceptors (Lipinski definition) is 2. The van der Waals surface area contributed by atoms with Gasteiger partial charge < -0.3 is 11.1 Å². The minimum Gasteiger partial charge on any atom is -0.369 e. The third-order valence-corrected chi connectivity index (χ3v) is 4.12. The molecule has 1 atom stereocenters. The van der Waals surface area contributed by atoms with E-state index in [1.165, 1.54) is 0 Å². The number of carbonyl (C=O) groups is 2. The van der Waals surface area contributed by atoms with Crippen molar-refractivity contribution in [2.75, 3.05) is 6.54 Å². The van der Waals surface area contributed by atoms with Crippen LogP contribution in [0.5, 0.6) is 0 Å². The van der Waals surface area contributed by atoms with Gasteiger partial charge in [-0.1, -0.05) is 24.8 Å². The lowest BCUT2D eigenvalue weighted by molar-refractivity contribution is -0.142. The standard InChI is InChI=1S/C15H26N2O2/c1-4-17-13(18)12(10-11(2)3)15(14(16)19)8-6-5-7-9-15/h12H,2,4-10H2,1,3H3,(H2,16,19)(H,17,18). The number of allylic oxidation sites excluding steroid dienone is 1. The van der Waals surface area contributed by atoms with Gasteiger partial charge in [0, 0.05) is 6.54 Å². The lowest BCUT2D eigenvalue weighted by Crippen LogP contribution is -2.50. The van der Waals surface area contributed by atoms with Gasteiger partial charge in [0.25, 0.3) is 0 Å². The van der Waals surface area contributed by atoms with E-state index in [1.807, 2.05) is 13.8 Å². The molecule has 108 valence electrons. The molecule has 0 aliphatic heterocycles. The summed E-state index contributed by atoms with van der Waals surface area (Å²) >= 11 is 0. The fourth-order valence-corrected chi connectivity index (χ4v) is 3.13. The molecule has 1 unspecified atom stereocenters. The topological polar surface area (TPSA) is 72.2 Å². The van der Waals surface area contributed by atoms with E-state index in [1.54, 1.807) is 0 Å². The Morgan fingerprint density at radius 3 is 2.32 bits per heavy atom. The number of nitrogens with one attached hydrogen (secondary N) is 1. The second kappa shape index (κ2) is 6.73. The molecule has 3 N–H and O–H groups in total. The number of primary amides is 1. The molecule has 1 fully saturated rings. The van der Waals surface area contributed by atoms with Gasteiger partial charge in [0.15, 0.2) is 0 Å². The smallest absolute Gasteiger partial charge is 0.224 e. The Morgan fingerprint density at radius 1 is 1.32 bits per heavy atom. The zero-order valence-corrected chi connectivity index (χ0v) is 12.1. The first-order chi connectivity index (χ1) is 8.94. The van der Waals surface area contributed by atoms with E-state index < -0.39 is 5.41 Å². The third kappa shape index (κ3) is 3.58. The van der Waals surface area contributed by atoms with Gasteiger partial charge in [-0.05, 0) is 33.1 Å². The van der Waals surface area contributed by atoms with Crippen molar-refractivity contribution in [2.45, 2.75) is 52.4 Å². The zero-order chi connectivity index (χ0) is 14.5. The minimum atomic E-state index is -0.684. The predicted molar refractivity (Wildman–Crippen MR) is 76.3 cm³/mol. The van der Waals surface area contributed by atoms with E-state index in [4.69, 9.17) is 5.73 Å². The van der Waals surface area contributed by atoms with Gasteiger partial charge >= 0.3 is 0 Å². The summed E-state index contributed by atoms with van der Waals surface area (Å²) in [7, 11) is 0. The highest BCUT2D eigenvalue weighted by atomic mass is 16.2. The molecule has 0 aromatic heterocycles. The highest BCUT2D eigenvalue weighted by Crippen LogP contribution is 2.44. The average Bonchev–Trinajstić information content (AvgIpc) is 2.36. The minimum absolute atomic E-state index is 0.0637. The summed E-state index contributed by atoms with van der Waals surface area (Å²) in [6.45, 7) is 8.24. The third-order valence-electron chi connectivity index (χ3n) is 4.12. The highest BCUT2D eigenvalue weighted by molar-refractivity contribution is 5.90. The first-order valence-electron chi connectivity index (χ1n) is 7.16. The summed E-state index contributed by atoms with van der Waals surface area (Å²) < 4.78 is 0. The molecule has 0 saturated heterocycles. The maximum Gasteiger partial charge on any atom is 0.224 e. The van der Waals surface area contributed by atoms with Crippen LogP contribution in [0.4, 0.5) is 0 Å². The number of nitrogens with two attached hydrogens (primary N) is 1. The Labute approximate surface area is 115 Å². The van der Waals surface area contributed by atoms with Crippen LogP contribution in [0.2, 0.25) is 0 Å². The van der Waals surface area contributed by atoms with Gasteiger partial charge in [0.1, 0.15) is 0 Å². The van der Waals surface area contributed by atoms with E-state index in [2.05, 4.69) is 11.9 Å². The number of carbonyl (C=O) groups excluding carboxylic acids is 2. The second-order valence-corrected chi connectivity index (χ2v) is 5.69. The molecule has 1 rings (SSSR count). The van der Waals surface area contributed by atoms with Gasteiger partial charge in [-0.2, -0.15) is 0 Å². The predicted octanol–water partition coefficient (Wildman–Crippen LogP) is 2.14. The molecule has 0 radical (unpaired) electrons. The summed E-state index contributed by atoms with van der Waals surface area (Å²) in [5.74, 6) is -0.765. The van der Waals surface area contributed by atoms with Crippen molar-refractivity contribution >= 4 is 11.8 Å². The summed E-state index contributed by atoms with van der Waals surface area (Å²) in [5, 5.41) is 2.84.